The number of fused-ring (bicyclic) bond motifs is 2. The van der Waals surface area contributed by atoms with Crippen LogP contribution < -0.4 is 26.4 Å². The summed E-state index contributed by atoms with van der Waals surface area (Å²) in [5.74, 6) is 0.234. The Morgan fingerprint density at radius 1 is 1.04 bits per heavy atom. The van der Waals surface area contributed by atoms with Crippen LogP contribution in [0.1, 0.15) is 54.3 Å². The van der Waals surface area contributed by atoms with Gasteiger partial charge in [-0.3, -0.25) is 0 Å². The van der Waals surface area contributed by atoms with Crippen LogP contribution in [0, 0.1) is 5.82 Å². The first-order valence-corrected chi connectivity index (χ1v) is 19.8. The number of benzene rings is 2. The second-order valence-corrected chi connectivity index (χ2v) is 15.6. The third kappa shape index (κ3) is 9.18. The van der Waals surface area contributed by atoms with E-state index in [1.54, 1.807) is 12.4 Å². The number of aromatic nitrogens is 2. The molecule has 4 heterocycles. The van der Waals surface area contributed by atoms with Crippen molar-refractivity contribution in [1.82, 2.24) is 20.0 Å². The summed E-state index contributed by atoms with van der Waals surface area (Å²) < 4.78 is 40.6. The summed E-state index contributed by atoms with van der Waals surface area (Å²) in [6.07, 6.45) is 16.7. The van der Waals surface area contributed by atoms with Crippen LogP contribution in [0.25, 0.3) is 22.3 Å². The Labute approximate surface area is 310 Å². The fraction of sp³-hybridized carbons (Fsp3) is 0.238. The number of hydrogen-bond acceptors (Lipinski definition) is 8. The van der Waals surface area contributed by atoms with Crippen molar-refractivity contribution in [2.45, 2.75) is 51.7 Å². The quantitative estimate of drug-likeness (QED) is 0.0967. The summed E-state index contributed by atoms with van der Waals surface area (Å²) >= 11 is 0. The molecule has 9 nitrogen and oxygen atoms in total. The Morgan fingerprint density at radius 2 is 1.87 bits per heavy atom. The molecule has 1 saturated carbocycles. The fourth-order valence-corrected chi connectivity index (χ4v) is 7.06. The second kappa shape index (κ2) is 15.7. The van der Waals surface area contributed by atoms with Gasteiger partial charge in [0.15, 0.2) is 0 Å². The number of allylic oxidation sites excluding steroid dienone is 5. The van der Waals surface area contributed by atoms with E-state index < -0.39 is 15.8 Å². The molecule has 2 aliphatic heterocycles. The molecule has 4 aromatic rings. The maximum Gasteiger partial charge on any atom is 0.209 e. The maximum absolute atomic E-state index is 14.8. The molecule has 2 aromatic heterocycles. The summed E-state index contributed by atoms with van der Waals surface area (Å²) in [5.41, 5.74) is 18.2. The van der Waals surface area contributed by atoms with Crippen molar-refractivity contribution in [2.24, 2.45) is 5.73 Å². The first-order valence-electron chi connectivity index (χ1n) is 17.9. The maximum atomic E-state index is 14.8. The standard InChI is InChI=1S/C42H44FN7O2S/c1-27-8-11-37(39-13-12-36-35(16-17-46-42(36)50-39)32-19-31(21-34(43)22-32)26-47-53(2,51)52)41-40(48-27)15-14-38(49-41)33(23-44)20-30(18-28-9-10-28)25-45-24-29-6-4-3-5-7-29/h3-7,11,13-23,27,45,47-48H,8-10,12,24-26,44H2,1-2H3,(H,46,50)/b30-20+,33-23+. The number of hydrogen-bond donors (Lipinski definition) is 5. The molecule has 272 valence electrons. The number of nitrogens with two attached hydrogens (primary N) is 1. The first kappa shape index (κ1) is 36.0. The lowest BCUT2D eigenvalue weighted by Crippen LogP contribution is -2.21. The molecule has 1 unspecified atom stereocenters. The molecule has 1 fully saturated rings. The highest BCUT2D eigenvalue weighted by atomic mass is 32.2. The van der Waals surface area contributed by atoms with Gasteiger partial charge in [0, 0.05) is 60.5 Å². The van der Waals surface area contributed by atoms with Crippen LogP contribution in [0.5, 0.6) is 0 Å². The molecule has 1 aliphatic carbocycles. The van der Waals surface area contributed by atoms with Gasteiger partial charge in [-0.2, -0.15) is 0 Å². The Balaban J connectivity index is 1.16. The zero-order chi connectivity index (χ0) is 37.0. The third-order valence-electron chi connectivity index (χ3n) is 9.39. The van der Waals surface area contributed by atoms with Crippen molar-refractivity contribution in [2.75, 3.05) is 23.4 Å². The Bertz CT molecular complexity index is 2290. The van der Waals surface area contributed by atoms with E-state index in [0.29, 0.717) is 29.9 Å². The van der Waals surface area contributed by atoms with E-state index in [1.165, 1.54) is 23.3 Å². The zero-order valence-corrected chi connectivity index (χ0v) is 30.7. The molecule has 7 rings (SSSR count). The summed E-state index contributed by atoms with van der Waals surface area (Å²) in [5, 5.41) is 10.8. The highest BCUT2D eigenvalue weighted by molar-refractivity contribution is 7.88. The van der Waals surface area contributed by atoms with Gasteiger partial charge in [-0.25, -0.2) is 27.5 Å². The average molecular weight is 730 g/mol. The smallest absolute Gasteiger partial charge is 0.209 e. The van der Waals surface area contributed by atoms with E-state index in [2.05, 4.69) is 87.2 Å². The van der Waals surface area contributed by atoms with Gasteiger partial charge in [-0.1, -0.05) is 54.1 Å². The molecule has 11 heteroatoms. The summed E-state index contributed by atoms with van der Waals surface area (Å²) in [4.78, 5) is 9.91. The Hall–Kier alpha value is -5.36. The van der Waals surface area contributed by atoms with Crippen LogP contribution >= 0.6 is 0 Å². The van der Waals surface area contributed by atoms with Crippen LogP contribution in [0.3, 0.4) is 0 Å². The lowest BCUT2D eigenvalue weighted by atomic mass is 9.93. The van der Waals surface area contributed by atoms with Crippen LogP contribution in [0.2, 0.25) is 0 Å². The lowest BCUT2D eigenvalue weighted by molar-refractivity contribution is 0.586. The number of nitrogens with one attached hydrogen (secondary N) is 4. The first-order chi connectivity index (χ1) is 25.6. The number of nitrogens with zero attached hydrogens (tertiary/aromatic N) is 2. The molecular formula is C42H44FN7O2S. The van der Waals surface area contributed by atoms with Crippen molar-refractivity contribution >= 4 is 32.7 Å². The topological polar surface area (TPSA) is 134 Å². The highest BCUT2D eigenvalue weighted by Gasteiger charge is 2.24. The SMILES string of the molecule is CC1CC=C(C2=CCc3c(-c4cc(F)cc(CNS(C)(=O)=O)c4)ccnc3N2)c2nc(C(/C=C(\C=C3CC3)CNCc3ccccc3)=C/N)ccc2N1. The summed E-state index contributed by atoms with van der Waals surface area (Å²) in [6.45, 7) is 3.61. The average Bonchev–Trinajstić information content (AvgIpc) is 3.98. The molecule has 2 aromatic carbocycles. The van der Waals surface area contributed by atoms with Crippen molar-refractivity contribution < 1.29 is 12.8 Å². The molecule has 0 saturated heterocycles. The highest BCUT2D eigenvalue weighted by Crippen LogP contribution is 2.39. The molecule has 6 N–H and O–H groups in total. The van der Waals surface area contributed by atoms with Gasteiger partial charge >= 0.3 is 0 Å². The third-order valence-corrected chi connectivity index (χ3v) is 10.1. The molecule has 0 radical (unpaired) electrons. The van der Waals surface area contributed by atoms with Crippen LogP contribution in [0.15, 0.2) is 120 Å². The predicted molar refractivity (Wildman–Crippen MR) is 212 cm³/mol. The summed E-state index contributed by atoms with van der Waals surface area (Å²) in [7, 11) is -3.43. The van der Waals surface area contributed by atoms with Crippen molar-refractivity contribution in [3.05, 3.63) is 154 Å². The Morgan fingerprint density at radius 3 is 2.64 bits per heavy atom. The van der Waals surface area contributed by atoms with Crippen LogP contribution in [-0.2, 0) is 29.5 Å². The van der Waals surface area contributed by atoms with Gasteiger partial charge < -0.3 is 21.7 Å². The van der Waals surface area contributed by atoms with Gasteiger partial charge in [0.25, 0.3) is 0 Å². The van der Waals surface area contributed by atoms with Gasteiger partial charge in [0.1, 0.15) is 11.6 Å². The lowest BCUT2D eigenvalue weighted by Gasteiger charge is -2.23. The van der Waals surface area contributed by atoms with Crippen molar-refractivity contribution in [1.29, 1.82) is 0 Å². The molecule has 1 atom stereocenters. The monoisotopic (exact) mass is 729 g/mol. The Kier molecular flexibility index (Phi) is 10.7. The number of sulfonamides is 1. The minimum atomic E-state index is -3.43. The fourth-order valence-electron chi connectivity index (χ4n) is 6.63. The van der Waals surface area contributed by atoms with E-state index in [1.807, 2.05) is 24.3 Å². The van der Waals surface area contributed by atoms with Crippen molar-refractivity contribution in [3.8, 4) is 11.1 Å². The zero-order valence-electron chi connectivity index (χ0n) is 29.9. The molecule has 53 heavy (non-hydrogen) atoms. The predicted octanol–water partition coefficient (Wildman–Crippen LogP) is 7.21. The number of rotatable bonds is 12. The molecular weight excluding hydrogens is 686 g/mol. The van der Waals surface area contributed by atoms with E-state index >= 15 is 0 Å². The minimum Gasteiger partial charge on any atom is -0.404 e. The molecule has 0 bridgehead atoms. The molecule has 3 aliphatic rings. The molecule has 0 amide bonds. The van der Waals surface area contributed by atoms with Gasteiger partial charge in [-0.15, -0.1) is 0 Å². The number of pyridine rings is 2. The van der Waals surface area contributed by atoms with Crippen molar-refractivity contribution in [3.63, 3.8) is 0 Å². The van der Waals surface area contributed by atoms with Gasteiger partial charge in [-0.05, 0) is 103 Å². The van der Waals surface area contributed by atoms with E-state index in [9.17, 15) is 12.8 Å². The van der Waals surface area contributed by atoms with Gasteiger partial charge in [0.2, 0.25) is 10.0 Å². The van der Waals surface area contributed by atoms with E-state index in [4.69, 9.17) is 10.7 Å². The largest absolute Gasteiger partial charge is 0.404 e. The second-order valence-electron chi connectivity index (χ2n) is 13.8. The number of halogens is 1. The molecule has 0 spiro atoms. The minimum absolute atomic E-state index is 0.00474. The van der Waals surface area contributed by atoms with Crippen LogP contribution in [0.4, 0.5) is 15.9 Å². The van der Waals surface area contributed by atoms with E-state index in [0.717, 1.165) is 82.7 Å². The van der Waals surface area contributed by atoms with Gasteiger partial charge in [0.05, 0.1) is 23.3 Å². The van der Waals surface area contributed by atoms with Crippen LogP contribution in [-0.4, -0.2) is 37.2 Å². The normalized spacial score (nSPS) is 17.0. The number of anilines is 2. The van der Waals surface area contributed by atoms with E-state index in [-0.39, 0.29) is 12.6 Å². The summed E-state index contributed by atoms with van der Waals surface area (Å²) in [6, 6.07) is 21.1.